The van der Waals surface area contributed by atoms with Gasteiger partial charge in [0.2, 0.25) is 0 Å². The van der Waals surface area contributed by atoms with Gasteiger partial charge in [-0.1, -0.05) is 18.2 Å². The molecular formula is C17H18Cl2N4O8Pd. The fraction of sp³-hybridized carbons (Fsp3) is 0.118. The molecule has 0 radical (unpaired) electrons. The van der Waals surface area contributed by atoms with E-state index in [0.29, 0.717) is 0 Å². The van der Waals surface area contributed by atoms with Crippen molar-refractivity contribution in [2.75, 3.05) is 0 Å². The molecule has 32 heavy (non-hydrogen) atoms. The van der Waals surface area contributed by atoms with Crippen LogP contribution < -0.4 is 42.6 Å². The van der Waals surface area contributed by atoms with Gasteiger partial charge in [0, 0.05) is 37.9 Å². The molecule has 0 aliphatic heterocycles. The first-order valence-corrected chi connectivity index (χ1v) is 10.5. The molecule has 12 nitrogen and oxygen atoms in total. The van der Waals surface area contributed by atoms with Gasteiger partial charge < -0.3 is 5.32 Å². The average molecular weight is 584 g/mol. The Kier molecular flexibility index (Phi) is 19.2. The fourth-order valence-electron chi connectivity index (χ4n) is 1.64. The number of aromatic nitrogens is 3. The smallest absolute Gasteiger partial charge is 0.306 e. The van der Waals surface area contributed by atoms with Crippen molar-refractivity contribution in [3.8, 4) is 0 Å². The van der Waals surface area contributed by atoms with E-state index in [4.69, 9.17) is 37.3 Å². The van der Waals surface area contributed by atoms with Crippen LogP contribution in [-0.4, -0.2) is 15.0 Å². The summed E-state index contributed by atoms with van der Waals surface area (Å²) in [7, 11) is -9.89. The summed E-state index contributed by atoms with van der Waals surface area (Å²) in [6.45, 7) is 1.55. The third-order valence-electron chi connectivity index (χ3n) is 2.63. The first-order valence-electron chi connectivity index (χ1n) is 8.04. The van der Waals surface area contributed by atoms with Crippen LogP contribution in [-0.2, 0) is 33.5 Å². The molecule has 0 spiro atoms. The second-order valence-corrected chi connectivity index (χ2v) is 6.54. The Morgan fingerprint density at radius 3 is 1.12 bits per heavy atom. The van der Waals surface area contributed by atoms with Crippen molar-refractivity contribution in [2.24, 2.45) is 0 Å². The van der Waals surface area contributed by atoms with Crippen molar-refractivity contribution in [1.82, 2.24) is 20.3 Å². The number of rotatable bonds is 4. The summed E-state index contributed by atoms with van der Waals surface area (Å²) in [4.78, 5) is 12.2. The maximum atomic E-state index is 8.49. The molecule has 0 saturated heterocycles. The van der Waals surface area contributed by atoms with E-state index in [2.05, 4.69) is 20.3 Å². The van der Waals surface area contributed by atoms with E-state index in [1.165, 1.54) is 0 Å². The van der Waals surface area contributed by atoms with E-state index >= 15 is 0 Å². The largest absolute Gasteiger partial charge is 2.00 e. The summed E-state index contributed by atoms with van der Waals surface area (Å²) >= 11 is 0. The fourth-order valence-corrected chi connectivity index (χ4v) is 1.64. The Bertz CT molecular complexity index is 695. The number of halogens is 2. The summed E-state index contributed by atoms with van der Waals surface area (Å²) in [6.07, 6.45) is 7.11. The molecule has 0 amide bonds. The minimum Gasteiger partial charge on any atom is -0.306 e. The Labute approximate surface area is 202 Å². The molecule has 0 aliphatic carbocycles. The van der Waals surface area contributed by atoms with Gasteiger partial charge in [0.1, 0.15) is 0 Å². The number of nitrogens with zero attached hydrogens (tertiary/aromatic N) is 3. The zero-order valence-electron chi connectivity index (χ0n) is 16.1. The van der Waals surface area contributed by atoms with Crippen LogP contribution in [0.1, 0.15) is 11.4 Å². The predicted octanol–water partition coefficient (Wildman–Crippen LogP) is -6.67. The molecule has 0 saturated carbocycles. The number of hydrogen-bond acceptors (Lipinski definition) is 12. The van der Waals surface area contributed by atoms with Gasteiger partial charge in [0.15, 0.2) is 0 Å². The van der Waals surface area contributed by atoms with Gasteiger partial charge in [-0.3, -0.25) is 15.0 Å². The van der Waals surface area contributed by atoms with Crippen LogP contribution in [0, 0.1) is 20.5 Å². The minimum absolute atomic E-state index is 0. The Balaban J connectivity index is 0. The molecule has 15 heteroatoms. The normalized spacial score (nSPS) is 10.0. The molecule has 1 N–H and O–H groups in total. The molecule has 3 aromatic rings. The molecule has 3 rings (SSSR count). The first-order chi connectivity index (χ1) is 14.4. The molecule has 0 unspecified atom stereocenters. The van der Waals surface area contributed by atoms with E-state index in [9.17, 15) is 0 Å². The van der Waals surface area contributed by atoms with Gasteiger partial charge in [-0.2, -0.15) is 0 Å². The van der Waals surface area contributed by atoms with Crippen LogP contribution in [0.25, 0.3) is 0 Å². The monoisotopic (exact) mass is 582 g/mol. The van der Waals surface area contributed by atoms with Crippen molar-refractivity contribution in [3.05, 3.63) is 90.8 Å². The molecule has 3 aromatic heterocycles. The molecule has 0 aromatic carbocycles. The van der Waals surface area contributed by atoms with Crippen LogP contribution in [0.4, 0.5) is 0 Å². The topological polar surface area (TPSA) is 235 Å². The molecular weight excluding hydrogens is 566 g/mol. The van der Waals surface area contributed by atoms with Gasteiger partial charge in [-0.05, 0) is 36.4 Å². The van der Waals surface area contributed by atoms with Gasteiger partial charge >= 0.3 is 20.4 Å². The van der Waals surface area contributed by atoms with Crippen molar-refractivity contribution in [1.29, 1.82) is 0 Å². The molecule has 3 heterocycles. The molecule has 0 atom stereocenters. The Morgan fingerprint density at radius 1 is 0.562 bits per heavy atom. The molecule has 178 valence electrons. The van der Waals surface area contributed by atoms with E-state index in [1.807, 2.05) is 54.6 Å². The van der Waals surface area contributed by atoms with Gasteiger partial charge in [0.25, 0.3) is 0 Å². The van der Waals surface area contributed by atoms with Gasteiger partial charge in [-0.25, -0.2) is 37.3 Å². The van der Waals surface area contributed by atoms with Crippen molar-refractivity contribution < 1.29 is 78.2 Å². The van der Waals surface area contributed by atoms with Crippen LogP contribution >= 0.6 is 0 Å². The summed E-state index contributed by atoms with van der Waals surface area (Å²) in [5, 5.41) is 3.29. The van der Waals surface area contributed by atoms with Crippen LogP contribution in [0.2, 0.25) is 0 Å². The van der Waals surface area contributed by atoms with Crippen LogP contribution in [0.5, 0.6) is 0 Å². The van der Waals surface area contributed by atoms with Gasteiger partial charge in [-0.15, -0.1) is 20.5 Å². The zero-order chi connectivity index (χ0) is 23.6. The Morgan fingerprint density at radius 2 is 0.906 bits per heavy atom. The second kappa shape index (κ2) is 18.9. The molecule has 0 bridgehead atoms. The average Bonchev–Trinajstić information content (AvgIpc) is 2.69. The molecule has 0 fully saturated rings. The number of pyridine rings is 3. The van der Waals surface area contributed by atoms with E-state index < -0.39 is 20.5 Å². The quantitative estimate of drug-likeness (QED) is 0.282. The second-order valence-electron chi connectivity index (χ2n) is 5.03. The summed E-state index contributed by atoms with van der Waals surface area (Å²) < 4.78 is 67.9. The Hall–Kier alpha value is -1.67. The zero-order valence-corrected chi connectivity index (χ0v) is 19.2. The van der Waals surface area contributed by atoms with Crippen LogP contribution in [0.15, 0.2) is 79.4 Å². The summed E-state index contributed by atoms with van der Waals surface area (Å²) in [5.74, 6) is 0. The third kappa shape index (κ3) is 30.5. The number of hydrogen-bond donors (Lipinski definition) is 1. The van der Waals surface area contributed by atoms with Crippen molar-refractivity contribution >= 4 is 0 Å². The SMILES string of the molecule is [O-][Cl+3]([O-])([O-])[O-].[O-][Cl+3]([O-])([O-])[O-].[Pd+2].c1ccc(CNCc2ccccn2)nc1.c1ccncc1. The van der Waals surface area contributed by atoms with Crippen LogP contribution in [0.3, 0.4) is 0 Å². The summed E-state index contributed by atoms with van der Waals surface area (Å²) in [5.41, 5.74) is 2.10. The first kappa shape index (κ1) is 32.5. The maximum Gasteiger partial charge on any atom is 2.00 e. The number of nitrogens with one attached hydrogen (secondary N) is 1. The predicted molar refractivity (Wildman–Crippen MR) is 83.3 cm³/mol. The minimum atomic E-state index is -4.94. The maximum absolute atomic E-state index is 8.49. The summed E-state index contributed by atoms with van der Waals surface area (Å²) in [6, 6.07) is 17.5. The third-order valence-corrected chi connectivity index (χ3v) is 2.63. The standard InChI is InChI=1S/C12H13N3.C5H5N.2ClHO4.Pd/c1-3-7-14-11(5-1)9-13-10-12-6-2-4-8-15-12;1-2-4-6-5-3-1;2*2-1(3,4)5;/h1-8,13H,9-10H2;1-5H;2*(H,2,3,4,5);/q;;;;+2/p-2. The van der Waals surface area contributed by atoms with E-state index in [1.54, 1.807) is 24.8 Å². The van der Waals surface area contributed by atoms with Gasteiger partial charge in [0.05, 0.1) is 11.4 Å². The van der Waals surface area contributed by atoms with Crippen molar-refractivity contribution in [3.63, 3.8) is 0 Å². The molecule has 0 aliphatic rings. The van der Waals surface area contributed by atoms with E-state index in [-0.39, 0.29) is 20.4 Å². The van der Waals surface area contributed by atoms with E-state index in [0.717, 1.165) is 24.5 Å². The van der Waals surface area contributed by atoms with Crippen molar-refractivity contribution in [2.45, 2.75) is 13.1 Å².